The molecule has 7 nitrogen and oxygen atoms in total. The van der Waals surface area contributed by atoms with Crippen LogP contribution >= 0.6 is 0 Å². The summed E-state index contributed by atoms with van der Waals surface area (Å²) < 4.78 is 10.8. The molecule has 0 radical (unpaired) electrons. The summed E-state index contributed by atoms with van der Waals surface area (Å²) in [7, 11) is 0. The van der Waals surface area contributed by atoms with E-state index in [1.807, 2.05) is 13.8 Å². The largest absolute Gasteiger partial charge is 0.548 e. The van der Waals surface area contributed by atoms with Crippen molar-refractivity contribution in [3.63, 3.8) is 0 Å². The SMILES string of the molecule is CCCc1cc(=O)oc2cc(O[C@H](C)C(=O)N[C@H](CCC)C(=O)[O-])ccc12. The van der Waals surface area contributed by atoms with Gasteiger partial charge in [-0.05, 0) is 37.5 Å². The smallest absolute Gasteiger partial charge is 0.336 e. The molecular formula is C20H24NO6-. The highest BCUT2D eigenvalue weighted by Gasteiger charge is 2.20. The number of carbonyl (C=O) groups excluding carboxylic acids is 2. The van der Waals surface area contributed by atoms with Gasteiger partial charge >= 0.3 is 5.63 Å². The van der Waals surface area contributed by atoms with Crippen LogP contribution in [0.25, 0.3) is 11.0 Å². The number of hydrogen-bond donors (Lipinski definition) is 1. The number of aliphatic carboxylic acids is 1. The number of rotatable bonds is 9. The maximum atomic E-state index is 12.2. The van der Waals surface area contributed by atoms with Gasteiger partial charge in [0.05, 0.1) is 12.0 Å². The zero-order valence-electron chi connectivity index (χ0n) is 15.7. The van der Waals surface area contributed by atoms with Crippen LogP contribution in [-0.4, -0.2) is 24.0 Å². The second kappa shape index (κ2) is 9.21. The van der Waals surface area contributed by atoms with Gasteiger partial charge in [0.15, 0.2) is 6.10 Å². The van der Waals surface area contributed by atoms with Crippen molar-refractivity contribution in [3.05, 3.63) is 40.2 Å². The quantitative estimate of drug-likeness (QED) is 0.667. The van der Waals surface area contributed by atoms with Crippen molar-refractivity contribution >= 4 is 22.8 Å². The zero-order chi connectivity index (χ0) is 20.0. The van der Waals surface area contributed by atoms with E-state index in [1.54, 1.807) is 18.2 Å². The topological polar surface area (TPSA) is 109 Å². The first-order valence-electron chi connectivity index (χ1n) is 9.10. The lowest BCUT2D eigenvalue weighted by molar-refractivity contribution is -0.308. The Kier molecular flexibility index (Phi) is 6.98. The molecule has 0 aliphatic heterocycles. The van der Waals surface area contributed by atoms with Gasteiger partial charge in [-0.1, -0.05) is 26.7 Å². The fraction of sp³-hybridized carbons (Fsp3) is 0.450. The lowest BCUT2D eigenvalue weighted by atomic mass is 10.1. The van der Waals surface area contributed by atoms with Crippen molar-refractivity contribution in [2.75, 3.05) is 0 Å². The Balaban J connectivity index is 2.16. The molecule has 0 fully saturated rings. The highest BCUT2D eigenvalue weighted by atomic mass is 16.5. The maximum absolute atomic E-state index is 12.2. The molecule has 0 aliphatic carbocycles. The van der Waals surface area contributed by atoms with E-state index in [0.717, 1.165) is 23.8 Å². The highest BCUT2D eigenvalue weighted by Crippen LogP contribution is 2.24. The number of carboxylic acids is 1. The number of nitrogens with one attached hydrogen (secondary N) is 1. The minimum Gasteiger partial charge on any atom is -0.548 e. The summed E-state index contributed by atoms with van der Waals surface area (Å²) in [6.07, 6.45) is 1.60. The number of carbonyl (C=O) groups is 2. The van der Waals surface area contributed by atoms with Gasteiger partial charge in [-0.3, -0.25) is 4.79 Å². The second-order valence-corrected chi connectivity index (χ2v) is 6.43. The summed E-state index contributed by atoms with van der Waals surface area (Å²) in [6.45, 7) is 5.36. The first-order chi connectivity index (χ1) is 12.8. The monoisotopic (exact) mass is 374 g/mol. The van der Waals surface area contributed by atoms with Gasteiger partial charge in [0.25, 0.3) is 5.91 Å². The molecule has 1 amide bonds. The molecule has 7 heteroatoms. The van der Waals surface area contributed by atoms with Crippen LogP contribution in [0, 0.1) is 0 Å². The lowest BCUT2D eigenvalue weighted by Crippen LogP contribution is -2.51. The van der Waals surface area contributed by atoms with Crippen LogP contribution < -0.4 is 20.8 Å². The van der Waals surface area contributed by atoms with E-state index < -0.39 is 29.6 Å². The third kappa shape index (κ3) is 5.32. The third-order valence-corrected chi connectivity index (χ3v) is 4.18. The fourth-order valence-corrected chi connectivity index (χ4v) is 2.84. The average molecular weight is 374 g/mol. The average Bonchev–Trinajstić information content (AvgIpc) is 2.60. The van der Waals surface area contributed by atoms with Gasteiger partial charge < -0.3 is 24.4 Å². The highest BCUT2D eigenvalue weighted by molar-refractivity contribution is 5.86. The minimum absolute atomic E-state index is 0.280. The van der Waals surface area contributed by atoms with Crippen molar-refractivity contribution < 1.29 is 23.8 Å². The Morgan fingerprint density at radius 2 is 1.96 bits per heavy atom. The number of ether oxygens (including phenoxy) is 1. The van der Waals surface area contributed by atoms with Crippen molar-refractivity contribution in [2.45, 2.75) is 58.6 Å². The predicted molar refractivity (Wildman–Crippen MR) is 98.4 cm³/mol. The van der Waals surface area contributed by atoms with E-state index in [4.69, 9.17) is 9.15 Å². The van der Waals surface area contributed by atoms with E-state index in [1.165, 1.54) is 13.0 Å². The minimum atomic E-state index is -1.33. The van der Waals surface area contributed by atoms with Gasteiger partial charge in [-0.2, -0.15) is 0 Å². The summed E-state index contributed by atoms with van der Waals surface area (Å²) in [4.78, 5) is 35.0. The van der Waals surface area contributed by atoms with Gasteiger partial charge in [0.1, 0.15) is 11.3 Å². The Morgan fingerprint density at radius 3 is 2.59 bits per heavy atom. The number of aryl methyl sites for hydroxylation is 1. The molecule has 1 N–H and O–H groups in total. The van der Waals surface area contributed by atoms with Crippen LogP contribution in [0.2, 0.25) is 0 Å². The van der Waals surface area contributed by atoms with Crippen molar-refractivity contribution in [1.82, 2.24) is 5.32 Å². The Bertz CT molecular complexity index is 872. The first kappa shape index (κ1) is 20.5. The number of fused-ring (bicyclic) bond motifs is 1. The molecule has 1 aromatic heterocycles. The summed E-state index contributed by atoms with van der Waals surface area (Å²) in [5, 5.41) is 14.3. The van der Waals surface area contributed by atoms with Crippen molar-refractivity contribution in [1.29, 1.82) is 0 Å². The van der Waals surface area contributed by atoms with Crippen LogP contribution in [0.1, 0.15) is 45.6 Å². The molecule has 0 unspecified atom stereocenters. The molecule has 2 aromatic rings. The third-order valence-electron chi connectivity index (χ3n) is 4.18. The van der Waals surface area contributed by atoms with Crippen molar-refractivity contribution in [2.24, 2.45) is 0 Å². The zero-order valence-corrected chi connectivity index (χ0v) is 15.7. The molecule has 27 heavy (non-hydrogen) atoms. The standard InChI is InChI=1S/C20H25NO6/c1-4-6-13-10-18(22)27-17-11-14(8-9-15(13)17)26-12(3)19(23)21-16(7-5-2)20(24)25/h8-12,16H,4-7H2,1-3H3,(H,21,23)(H,24,25)/p-1/t12-,16-/m1/s1. The van der Waals surface area contributed by atoms with E-state index in [-0.39, 0.29) is 6.42 Å². The predicted octanol–water partition coefficient (Wildman–Crippen LogP) is 1.55. The molecule has 0 bridgehead atoms. The number of carboxylic acid groups (broad SMARTS) is 1. The normalized spacial score (nSPS) is 13.1. The Hall–Kier alpha value is -2.83. The van der Waals surface area contributed by atoms with E-state index in [9.17, 15) is 19.5 Å². The molecule has 0 saturated carbocycles. The van der Waals surface area contributed by atoms with Crippen LogP contribution in [0.3, 0.4) is 0 Å². The van der Waals surface area contributed by atoms with Gasteiger partial charge in [-0.25, -0.2) is 4.79 Å². The van der Waals surface area contributed by atoms with Gasteiger partial charge in [0.2, 0.25) is 0 Å². The van der Waals surface area contributed by atoms with Crippen LogP contribution in [0.4, 0.5) is 0 Å². The molecule has 1 heterocycles. The number of benzene rings is 1. The first-order valence-corrected chi connectivity index (χ1v) is 9.10. The molecule has 146 valence electrons. The van der Waals surface area contributed by atoms with E-state index in [2.05, 4.69) is 5.32 Å². The molecule has 0 aliphatic rings. The van der Waals surface area contributed by atoms with E-state index in [0.29, 0.717) is 17.8 Å². The summed E-state index contributed by atoms with van der Waals surface area (Å²) in [5.41, 5.74) is 0.845. The Morgan fingerprint density at radius 1 is 1.22 bits per heavy atom. The molecule has 2 atom stereocenters. The maximum Gasteiger partial charge on any atom is 0.336 e. The summed E-state index contributed by atoms with van der Waals surface area (Å²) >= 11 is 0. The molecule has 1 aromatic carbocycles. The number of hydrogen-bond acceptors (Lipinski definition) is 6. The summed E-state index contributed by atoms with van der Waals surface area (Å²) in [6, 6.07) is 5.45. The van der Waals surface area contributed by atoms with Crippen LogP contribution in [-0.2, 0) is 16.0 Å². The summed E-state index contributed by atoms with van der Waals surface area (Å²) in [5.74, 6) is -1.53. The second-order valence-electron chi connectivity index (χ2n) is 6.43. The van der Waals surface area contributed by atoms with Crippen LogP contribution in [0.5, 0.6) is 5.75 Å². The molecule has 0 saturated heterocycles. The van der Waals surface area contributed by atoms with Crippen LogP contribution in [0.15, 0.2) is 33.5 Å². The number of amides is 1. The van der Waals surface area contributed by atoms with Gasteiger partial charge in [0, 0.05) is 17.5 Å². The lowest BCUT2D eigenvalue weighted by Gasteiger charge is -2.22. The molecule has 0 spiro atoms. The van der Waals surface area contributed by atoms with E-state index >= 15 is 0 Å². The fourth-order valence-electron chi connectivity index (χ4n) is 2.84. The van der Waals surface area contributed by atoms with Crippen molar-refractivity contribution in [3.8, 4) is 5.75 Å². The van der Waals surface area contributed by atoms with Gasteiger partial charge in [-0.15, -0.1) is 0 Å². The molecule has 2 rings (SSSR count). The molecular weight excluding hydrogens is 350 g/mol. The Labute approximate surface area is 157 Å².